The van der Waals surface area contributed by atoms with Crippen LogP contribution in [0.25, 0.3) is 11.0 Å². The number of nitrogen functional groups attached to an aromatic ring is 2. The first-order valence-corrected chi connectivity index (χ1v) is 3.68. The number of anilines is 2. The number of nitrogens with zero attached hydrogens (tertiary/aromatic N) is 1. The molecule has 2 aromatic rings. The fourth-order valence-electron chi connectivity index (χ4n) is 1.29. The summed E-state index contributed by atoms with van der Waals surface area (Å²) in [6.45, 7) is 1.88. The third-order valence-electron chi connectivity index (χ3n) is 1.76. The van der Waals surface area contributed by atoms with E-state index in [1.165, 1.54) is 0 Å². The zero-order chi connectivity index (χ0) is 8.72. The predicted molar refractivity (Wildman–Crippen MR) is 49.7 cm³/mol. The number of aromatic nitrogens is 2. The van der Waals surface area contributed by atoms with Crippen LogP contribution in [-0.4, -0.2) is 9.97 Å². The molecule has 4 heteroatoms. The number of hydrogen-bond acceptors (Lipinski definition) is 3. The van der Waals surface area contributed by atoms with Crippen LogP contribution in [0.1, 0.15) is 5.82 Å². The van der Waals surface area contributed by atoms with Gasteiger partial charge in [-0.2, -0.15) is 0 Å². The molecule has 0 atom stereocenters. The zero-order valence-corrected chi connectivity index (χ0v) is 6.76. The molecular formula is C8H10N4. The third-order valence-corrected chi connectivity index (χ3v) is 1.76. The number of aryl methyl sites for hydroxylation is 1. The van der Waals surface area contributed by atoms with E-state index >= 15 is 0 Å². The summed E-state index contributed by atoms with van der Waals surface area (Å²) in [6.07, 6.45) is 0. The van der Waals surface area contributed by atoms with E-state index in [0.29, 0.717) is 11.4 Å². The summed E-state index contributed by atoms with van der Waals surface area (Å²) in [5, 5.41) is 0. The second-order valence-corrected chi connectivity index (χ2v) is 2.83. The van der Waals surface area contributed by atoms with E-state index in [2.05, 4.69) is 9.97 Å². The smallest absolute Gasteiger partial charge is 0.112 e. The highest BCUT2D eigenvalue weighted by molar-refractivity contribution is 5.90. The molecule has 1 heterocycles. The molecule has 0 aliphatic carbocycles. The number of rotatable bonds is 0. The molecule has 5 N–H and O–H groups in total. The van der Waals surface area contributed by atoms with Gasteiger partial charge in [-0.25, -0.2) is 4.98 Å². The Bertz CT molecular complexity index is 430. The lowest BCUT2D eigenvalue weighted by Gasteiger charge is -1.96. The van der Waals surface area contributed by atoms with Crippen LogP contribution in [0, 0.1) is 6.92 Å². The van der Waals surface area contributed by atoms with Crippen LogP contribution in [0.15, 0.2) is 12.1 Å². The molecule has 0 saturated heterocycles. The van der Waals surface area contributed by atoms with E-state index in [-0.39, 0.29) is 0 Å². The topological polar surface area (TPSA) is 80.7 Å². The molecule has 12 heavy (non-hydrogen) atoms. The van der Waals surface area contributed by atoms with Crippen molar-refractivity contribution in [3.05, 3.63) is 18.0 Å². The van der Waals surface area contributed by atoms with E-state index in [0.717, 1.165) is 16.9 Å². The Labute approximate surface area is 69.6 Å². The number of aromatic amines is 1. The van der Waals surface area contributed by atoms with Gasteiger partial charge in [0.2, 0.25) is 0 Å². The van der Waals surface area contributed by atoms with Crippen molar-refractivity contribution >= 4 is 22.4 Å². The maximum absolute atomic E-state index is 5.71. The van der Waals surface area contributed by atoms with E-state index in [9.17, 15) is 0 Å². The summed E-state index contributed by atoms with van der Waals surface area (Å²) in [7, 11) is 0. The second kappa shape index (κ2) is 2.14. The quantitative estimate of drug-likeness (QED) is 0.506. The first kappa shape index (κ1) is 6.97. The lowest BCUT2D eigenvalue weighted by molar-refractivity contribution is 1.17. The highest BCUT2D eigenvalue weighted by atomic mass is 14.9. The van der Waals surface area contributed by atoms with Crippen molar-refractivity contribution in [2.75, 3.05) is 11.5 Å². The van der Waals surface area contributed by atoms with Crippen LogP contribution in [0.4, 0.5) is 11.4 Å². The fourth-order valence-corrected chi connectivity index (χ4v) is 1.29. The molecule has 0 radical (unpaired) electrons. The molecule has 0 amide bonds. The molecular weight excluding hydrogens is 152 g/mol. The zero-order valence-electron chi connectivity index (χ0n) is 6.76. The Morgan fingerprint density at radius 3 is 2.83 bits per heavy atom. The minimum atomic E-state index is 0.620. The summed E-state index contributed by atoms with van der Waals surface area (Å²) in [5.74, 6) is 0.849. The normalized spacial score (nSPS) is 10.8. The Kier molecular flexibility index (Phi) is 1.24. The summed E-state index contributed by atoms with van der Waals surface area (Å²) in [5.41, 5.74) is 14.3. The molecule has 0 unspecified atom stereocenters. The summed E-state index contributed by atoms with van der Waals surface area (Å²) >= 11 is 0. The minimum absolute atomic E-state index is 0.620. The average Bonchev–Trinajstić information content (AvgIpc) is 2.29. The average molecular weight is 162 g/mol. The number of hydrogen-bond donors (Lipinski definition) is 3. The van der Waals surface area contributed by atoms with Gasteiger partial charge in [0.1, 0.15) is 11.3 Å². The third kappa shape index (κ3) is 0.887. The Morgan fingerprint density at radius 1 is 1.33 bits per heavy atom. The van der Waals surface area contributed by atoms with Gasteiger partial charge in [-0.3, -0.25) is 0 Å². The van der Waals surface area contributed by atoms with Gasteiger partial charge in [-0.15, -0.1) is 0 Å². The molecule has 0 aliphatic rings. The van der Waals surface area contributed by atoms with Crippen molar-refractivity contribution in [1.29, 1.82) is 0 Å². The van der Waals surface area contributed by atoms with Crippen LogP contribution in [0.5, 0.6) is 0 Å². The molecule has 1 aromatic carbocycles. The van der Waals surface area contributed by atoms with E-state index < -0.39 is 0 Å². The van der Waals surface area contributed by atoms with E-state index in [4.69, 9.17) is 11.5 Å². The van der Waals surface area contributed by atoms with Gasteiger partial charge in [0, 0.05) is 5.69 Å². The number of fused-ring (bicyclic) bond motifs is 1. The van der Waals surface area contributed by atoms with Crippen molar-refractivity contribution in [2.24, 2.45) is 0 Å². The molecule has 0 fully saturated rings. The van der Waals surface area contributed by atoms with Crippen LogP contribution >= 0.6 is 0 Å². The summed E-state index contributed by atoms with van der Waals surface area (Å²) in [6, 6.07) is 3.54. The van der Waals surface area contributed by atoms with E-state index in [1.807, 2.05) is 13.0 Å². The molecule has 1 aromatic heterocycles. The van der Waals surface area contributed by atoms with Crippen LogP contribution in [0.3, 0.4) is 0 Å². The largest absolute Gasteiger partial charge is 0.399 e. The molecule has 0 aliphatic heterocycles. The lowest BCUT2D eigenvalue weighted by atomic mass is 10.2. The first-order chi connectivity index (χ1) is 5.66. The number of nitrogens with two attached hydrogens (primary N) is 2. The molecule has 0 saturated carbocycles. The SMILES string of the molecule is Cc1nc2c(N)cc(N)cc2[nH]1. The Balaban J connectivity index is 2.88. The molecule has 0 spiro atoms. The first-order valence-electron chi connectivity index (χ1n) is 3.68. The molecule has 4 nitrogen and oxygen atoms in total. The Hall–Kier alpha value is -1.71. The molecule has 62 valence electrons. The van der Waals surface area contributed by atoms with E-state index in [1.54, 1.807) is 6.07 Å². The maximum Gasteiger partial charge on any atom is 0.112 e. The van der Waals surface area contributed by atoms with Gasteiger partial charge >= 0.3 is 0 Å². The number of nitrogens with one attached hydrogen (secondary N) is 1. The number of imidazole rings is 1. The van der Waals surface area contributed by atoms with Crippen molar-refractivity contribution < 1.29 is 0 Å². The van der Waals surface area contributed by atoms with Gasteiger partial charge in [0.05, 0.1) is 11.2 Å². The molecule has 0 bridgehead atoms. The van der Waals surface area contributed by atoms with Crippen LogP contribution in [-0.2, 0) is 0 Å². The van der Waals surface area contributed by atoms with Crippen LogP contribution in [0.2, 0.25) is 0 Å². The second-order valence-electron chi connectivity index (χ2n) is 2.83. The highest BCUT2D eigenvalue weighted by Gasteiger charge is 2.03. The van der Waals surface area contributed by atoms with Crippen molar-refractivity contribution in [1.82, 2.24) is 9.97 Å². The predicted octanol–water partition coefficient (Wildman–Crippen LogP) is 1.04. The monoisotopic (exact) mass is 162 g/mol. The van der Waals surface area contributed by atoms with Crippen molar-refractivity contribution in [3.8, 4) is 0 Å². The maximum atomic E-state index is 5.71. The van der Waals surface area contributed by atoms with Crippen LogP contribution < -0.4 is 11.5 Å². The lowest BCUT2D eigenvalue weighted by Crippen LogP contribution is -1.90. The van der Waals surface area contributed by atoms with Crippen molar-refractivity contribution in [2.45, 2.75) is 6.92 Å². The molecule has 2 rings (SSSR count). The number of benzene rings is 1. The van der Waals surface area contributed by atoms with Gasteiger partial charge < -0.3 is 16.5 Å². The fraction of sp³-hybridized carbons (Fsp3) is 0.125. The van der Waals surface area contributed by atoms with Crippen molar-refractivity contribution in [3.63, 3.8) is 0 Å². The van der Waals surface area contributed by atoms with Gasteiger partial charge in [-0.05, 0) is 19.1 Å². The Morgan fingerprint density at radius 2 is 2.08 bits per heavy atom. The minimum Gasteiger partial charge on any atom is -0.399 e. The highest BCUT2D eigenvalue weighted by Crippen LogP contribution is 2.21. The number of H-pyrrole nitrogens is 1. The summed E-state index contributed by atoms with van der Waals surface area (Å²) < 4.78 is 0. The van der Waals surface area contributed by atoms with Gasteiger partial charge in [-0.1, -0.05) is 0 Å². The van der Waals surface area contributed by atoms with Gasteiger partial charge in [0.25, 0.3) is 0 Å². The van der Waals surface area contributed by atoms with Gasteiger partial charge in [0.15, 0.2) is 0 Å². The summed E-state index contributed by atoms with van der Waals surface area (Å²) in [4.78, 5) is 7.29. The standard InChI is InChI=1S/C8H10N4/c1-4-11-7-3-5(9)2-6(10)8(7)12-4/h2-3H,9-10H2,1H3,(H,11,12).